The summed E-state index contributed by atoms with van der Waals surface area (Å²) in [6, 6.07) is 13.9. The lowest BCUT2D eigenvalue weighted by atomic mass is 10.00. The van der Waals surface area contributed by atoms with Gasteiger partial charge in [-0.05, 0) is 101 Å². The third kappa shape index (κ3) is 15.8. The van der Waals surface area contributed by atoms with Crippen LogP contribution in [0, 0.1) is 0 Å². The zero-order valence-corrected chi connectivity index (χ0v) is 27.9. The fourth-order valence-electron chi connectivity index (χ4n) is 5.55. The Morgan fingerprint density at radius 3 is 1.20 bits per heavy atom. The molecule has 0 radical (unpaired) electrons. The fourth-order valence-corrected chi connectivity index (χ4v) is 5.55. The highest BCUT2D eigenvalue weighted by Gasteiger charge is 2.12. The smallest absolute Gasteiger partial charge is 0.130 e. The number of benzene rings is 2. The van der Waals surface area contributed by atoms with E-state index in [0.717, 1.165) is 37.4 Å². The number of aryl methyl sites for hydroxylation is 2. The fraction of sp³-hybridized carbons (Fsp3) is 0.684. The molecule has 0 atom stereocenters. The molecular formula is C38H64N2O. The van der Waals surface area contributed by atoms with E-state index in [1.54, 1.807) is 0 Å². The topological polar surface area (TPSA) is 15.7 Å². The van der Waals surface area contributed by atoms with Gasteiger partial charge in [0.15, 0.2) is 0 Å². The van der Waals surface area contributed by atoms with Crippen molar-refractivity contribution in [1.29, 1.82) is 0 Å². The minimum atomic E-state index is 1.01. The summed E-state index contributed by atoms with van der Waals surface area (Å²) in [4.78, 5) is 4.54. The molecule has 232 valence electrons. The summed E-state index contributed by atoms with van der Waals surface area (Å²) in [5.41, 5.74) is 5.59. The summed E-state index contributed by atoms with van der Waals surface area (Å²) in [5.74, 6) is 2.06. The molecule has 0 aliphatic rings. The molecule has 0 saturated carbocycles. The Kier molecular flexibility index (Phi) is 18.8. The van der Waals surface area contributed by atoms with Crippen molar-refractivity contribution < 1.29 is 4.74 Å². The number of hydrogen-bond donors (Lipinski definition) is 0. The van der Waals surface area contributed by atoms with Gasteiger partial charge in [-0.1, -0.05) is 115 Å². The van der Waals surface area contributed by atoms with Crippen molar-refractivity contribution in [2.75, 3.05) is 41.3 Å². The molecule has 0 N–H and O–H groups in total. The molecule has 0 unspecified atom stereocenters. The summed E-state index contributed by atoms with van der Waals surface area (Å²) < 4.78 is 6.74. The summed E-state index contributed by atoms with van der Waals surface area (Å²) in [6.45, 7) is 6.64. The van der Waals surface area contributed by atoms with Crippen molar-refractivity contribution in [1.82, 2.24) is 9.80 Å². The maximum absolute atomic E-state index is 6.74. The van der Waals surface area contributed by atoms with Crippen molar-refractivity contribution >= 4 is 0 Å². The Morgan fingerprint density at radius 2 is 0.829 bits per heavy atom. The van der Waals surface area contributed by atoms with E-state index in [0.29, 0.717) is 0 Å². The van der Waals surface area contributed by atoms with Gasteiger partial charge in [0.2, 0.25) is 0 Å². The summed E-state index contributed by atoms with van der Waals surface area (Å²) in [6.07, 6.45) is 23.4. The van der Waals surface area contributed by atoms with Crippen LogP contribution in [0.2, 0.25) is 0 Å². The molecular weight excluding hydrogens is 500 g/mol. The second-order valence-corrected chi connectivity index (χ2v) is 12.8. The zero-order chi connectivity index (χ0) is 29.7. The van der Waals surface area contributed by atoms with Gasteiger partial charge in [0.1, 0.15) is 11.5 Å². The van der Waals surface area contributed by atoms with Crippen LogP contribution in [-0.2, 0) is 25.7 Å². The van der Waals surface area contributed by atoms with E-state index in [9.17, 15) is 0 Å². The first kappa shape index (κ1) is 35.4. The Balaban J connectivity index is 2.08. The lowest BCUT2D eigenvalue weighted by Gasteiger charge is -2.19. The Morgan fingerprint density at radius 1 is 0.463 bits per heavy atom. The van der Waals surface area contributed by atoms with Gasteiger partial charge in [0, 0.05) is 13.1 Å². The van der Waals surface area contributed by atoms with E-state index in [4.69, 9.17) is 4.74 Å². The van der Waals surface area contributed by atoms with Crippen molar-refractivity contribution in [2.45, 2.75) is 129 Å². The van der Waals surface area contributed by atoms with E-state index in [-0.39, 0.29) is 0 Å². The van der Waals surface area contributed by atoms with Crippen LogP contribution < -0.4 is 4.74 Å². The highest BCUT2D eigenvalue weighted by molar-refractivity contribution is 5.45. The Labute approximate surface area is 255 Å². The molecule has 0 bridgehead atoms. The average molecular weight is 565 g/mol. The number of ether oxygens (including phenoxy) is 1. The van der Waals surface area contributed by atoms with Crippen molar-refractivity contribution in [2.24, 2.45) is 0 Å². The minimum Gasteiger partial charge on any atom is -0.457 e. The van der Waals surface area contributed by atoms with Gasteiger partial charge < -0.3 is 14.5 Å². The number of rotatable bonds is 24. The molecule has 0 aliphatic heterocycles. The second-order valence-electron chi connectivity index (χ2n) is 12.8. The second kappa shape index (κ2) is 21.8. The van der Waals surface area contributed by atoms with Gasteiger partial charge in [0.25, 0.3) is 0 Å². The van der Waals surface area contributed by atoms with E-state index in [2.05, 4.69) is 88.2 Å². The quantitative estimate of drug-likeness (QED) is 0.118. The molecule has 3 nitrogen and oxygen atoms in total. The van der Waals surface area contributed by atoms with Crippen LogP contribution >= 0.6 is 0 Å². The van der Waals surface area contributed by atoms with Crippen LogP contribution in [0.1, 0.15) is 126 Å². The maximum Gasteiger partial charge on any atom is 0.130 e. The first-order chi connectivity index (χ1) is 19.9. The highest BCUT2D eigenvalue weighted by atomic mass is 16.5. The van der Waals surface area contributed by atoms with Crippen molar-refractivity contribution in [3.63, 3.8) is 0 Å². The third-order valence-corrected chi connectivity index (χ3v) is 8.26. The standard InChI is InChI=1S/C38H64N2O/c1-7-9-11-13-15-17-19-21-33-23-25-37(35(31-33)27-29-39(3)4)41-38-26-24-34(32-36(38)28-30-40(5)6)22-20-18-16-14-12-10-8-2/h23-26,31-32H,7-22,27-30H2,1-6H3. The molecule has 3 heteroatoms. The highest BCUT2D eigenvalue weighted by Crippen LogP contribution is 2.31. The largest absolute Gasteiger partial charge is 0.457 e. The summed E-state index contributed by atoms with van der Waals surface area (Å²) in [7, 11) is 8.64. The number of hydrogen-bond acceptors (Lipinski definition) is 3. The molecule has 0 amide bonds. The van der Waals surface area contributed by atoms with Crippen LogP contribution in [0.5, 0.6) is 11.5 Å². The van der Waals surface area contributed by atoms with E-state index in [1.807, 2.05) is 0 Å². The van der Waals surface area contributed by atoms with Crippen LogP contribution in [-0.4, -0.2) is 51.1 Å². The van der Waals surface area contributed by atoms with Gasteiger partial charge in [-0.25, -0.2) is 0 Å². The zero-order valence-electron chi connectivity index (χ0n) is 27.9. The molecule has 2 aromatic rings. The van der Waals surface area contributed by atoms with Gasteiger partial charge in [-0.15, -0.1) is 0 Å². The molecule has 0 fully saturated rings. The Hall–Kier alpha value is -1.84. The average Bonchev–Trinajstić information content (AvgIpc) is 2.95. The van der Waals surface area contributed by atoms with Crippen LogP contribution in [0.4, 0.5) is 0 Å². The molecule has 0 saturated heterocycles. The molecule has 0 heterocycles. The van der Waals surface area contributed by atoms with Crippen LogP contribution in [0.25, 0.3) is 0 Å². The Bertz CT molecular complexity index is 860. The molecule has 0 aliphatic carbocycles. The third-order valence-electron chi connectivity index (χ3n) is 8.26. The van der Waals surface area contributed by atoms with Gasteiger partial charge in [0.05, 0.1) is 0 Å². The summed E-state index contributed by atoms with van der Waals surface area (Å²) in [5, 5.41) is 0. The van der Waals surface area contributed by atoms with Gasteiger partial charge in [-0.3, -0.25) is 0 Å². The SMILES string of the molecule is CCCCCCCCCc1ccc(Oc2ccc(CCCCCCCCC)cc2CCN(C)C)c(CCN(C)C)c1. The van der Waals surface area contributed by atoms with Gasteiger partial charge in [-0.2, -0.15) is 0 Å². The number of likely N-dealkylation sites (N-methyl/N-ethyl adjacent to an activating group) is 2. The van der Waals surface area contributed by atoms with Gasteiger partial charge >= 0.3 is 0 Å². The molecule has 2 rings (SSSR count). The molecule has 41 heavy (non-hydrogen) atoms. The van der Waals surface area contributed by atoms with E-state index in [1.165, 1.54) is 125 Å². The molecule has 0 spiro atoms. The number of nitrogens with zero attached hydrogens (tertiary/aromatic N) is 2. The predicted octanol–water partition coefficient (Wildman–Crippen LogP) is 10.3. The predicted molar refractivity (Wildman–Crippen MR) is 181 cm³/mol. The van der Waals surface area contributed by atoms with Crippen LogP contribution in [0.15, 0.2) is 36.4 Å². The minimum absolute atomic E-state index is 1.01. The van der Waals surface area contributed by atoms with Crippen molar-refractivity contribution in [3.8, 4) is 11.5 Å². The first-order valence-electron chi connectivity index (χ1n) is 17.1. The van der Waals surface area contributed by atoms with Crippen molar-refractivity contribution in [3.05, 3.63) is 58.7 Å². The van der Waals surface area contributed by atoms with E-state index >= 15 is 0 Å². The lowest BCUT2D eigenvalue weighted by molar-refractivity contribution is 0.402. The lowest BCUT2D eigenvalue weighted by Crippen LogP contribution is -2.16. The normalized spacial score (nSPS) is 11.6. The first-order valence-corrected chi connectivity index (χ1v) is 17.1. The van der Waals surface area contributed by atoms with E-state index < -0.39 is 0 Å². The molecule has 0 aromatic heterocycles. The maximum atomic E-state index is 6.74. The summed E-state index contributed by atoms with van der Waals surface area (Å²) >= 11 is 0. The van der Waals surface area contributed by atoms with Crippen LogP contribution in [0.3, 0.4) is 0 Å². The monoisotopic (exact) mass is 565 g/mol. The molecule has 2 aromatic carbocycles. The number of unbranched alkanes of at least 4 members (excludes halogenated alkanes) is 12.